The van der Waals surface area contributed by atoms with Crippen molar-refractivity contribution in [3.8, 4) is 0 Å². The quantitative estimate of drug-likeness (QED) is 0.850. The molecule has 1 saturated heterocycles. The Balaban J connectivity index is 1.87. The lowest BCUT2D eigenvalue weighted by Gasteiger charge is -2.30. The van der Waals surface area contributed by atoms with Gasteiger partial charge >= 0.3 is 5.97 Å². The van der Waals surface area contributed by atoms with Crippen LogP contribution in [-0.4, -0.2) is 57.3 Å². The van der Waals surface area contributed by atoms with Crippen molar-refractivity contribution in [2.45, 2.75) is 6.10 Å². The molecule has 104 valence electrons. The maximum atomic E-state index is 12.5. The molecule has 0 bridgehead atoms. The molecular formula is C13H13N3O4. The minimum Gasteiger partial charge on any atom is -0.479 e. The van der Waals surface area contributed by atoms with E-state index in [0.29, 0.717) is 17.6 Å². The van der Waals surface area contributed by atoms with Gasteiger partial charge < -0.3 is 14.7 Å². The number of carbonyl (C=O) groups is 2. The second kappa shape index (κ2) is 4.93. The molecule has 1 aliphatic rings. The topological polar surface area (TPSA) is 84.1 Å². The van der Waals surface area contributed by atoms with E-state index >= 15 is 0 Å². The van der Waals surface area contributed by atoms with Gasteiger partial charge in [-0.2, -0.15) is 5.10 Å². The number of ether oxygens (including phenoxy) is 1. The van der Waals surface area contributed by atoms with E-state index < -0.39 is 12.1 Å². The van der Waals surface area contributed by atoms with E-state index in [9.17, 15) is 9.59 Å². The van der Waals surface area contributed by atoms with Crippen LogP contribution in [0.1, 0.15) is 10.4 Å². The van der Waals surface area contributed by atoms with Gasteiger partial charge in [0.2, 0.25) is 0 Å². The standard InChI is InChI=1S/C13H13N3O4/c17-12(15-5-6-20-11(8-15)13(18)19)9-7-14-16-4-2-1-3-10(9)16/h1-4,7,11H,5-6,8H2,(H,18,19). The number of rotatable bonds is 2. The van der Waals surface area contributed by atoms with Crippen LogP contribution < -0.4 is 0 Å². The fourth-order valence-corrected chi connectivity index (χ4v) is 2.25. The van der Waals surface area contributed by atoms with Crippen molar-refractivity contribution in [3.63, 3.8) is 0 Å². The fourth-order valence-electron chi connectivity index (χ4n) is 2.25. The van der Waals surface area contributed by atoms with Gasteiger partial charge in [-0.25, -0.2) is 9.31 Å². The number of fused-ring (bicyclic) bond motifs is 1. The second-order valence-electron chi connectivity index (χ2n) is 4.54. The number of pyridine rings is 1. The van der Waals surface area contributed by atoms with Crippen LogP contribution in [0.2, 0.25) is 0 Å². The molecule has 1 N–H and O–H groups in total. The van der Waals surface area contributed by atoms with E-state index in [4.69, 9.17) is 9.84 Å². The number of hydrogen-bond acceptors (Lipinski definition) is 4. The van der Waals surface area contributed by atoms with Crippen molar-refractivity contribution >= 4 is 17.4 Å². The van der Waals surface area contributed by atoms with Crippen molar-refractivity contribution in [1.29, 1.82) is 0 Å². The van der Waals surface area contributed by atoms with E-state index in [1.54, 1.807) is 16.8 Å². The number of carbonyl (C=O) groups excluding carboxylic acids is 1. The van der Waals surface area contributed by atoms with Crippen LogP contribution in [0.15, 0.2) is 30.6 Å². The molecular weight excluding hydrogens is 262 g/mol. The normalized spacial score (nSPS) is 19.2. The lowest BCUT2D eigenvalue weighted by molar-refractivity contribution is -0.154. The van der Waals surface area contributed by atoms with Gasteiger partial charge in [0.05, 0.1) is 30.4 Å². The van der Waals surface area contributed by atoms with Gasteiger partial charge in [0.25, 0.3) is 5.91 Å². The number of amides is 1. The Morgan fingerprint density at radius 2 is 2.25 bits per heavy atom. The molecule has 2 aromatic heterocycles. The van der Waals surface area contributed by atoms with Crippen LogP contribution in [0.4, 0.5) is 0 Å². The van der Waals surface area contributed by atoms with Gasteiger partial charge in [0.1, 0.15) is 0 Å². The molecule has 7 heteroatoms. The monoisotopic (exact) mass is 275 g/mol. The Labute approximate surface area is 114 Å². The van der Waals surface area contributed by atoms with Gasteiger partial charge in [0.15, 0.2) is 6.10 Å². The average molecular weight is 275 g/mol. The van der Waals surface area contributed by atoms with Crippen molar-refractivity contribution < 1.29 is 19.4 Å². The summed E-state index contributed by atoms with van der Waals surface area (Å²) in [5.74, 6) is -1.27. The minimum absolute atomic E-state index is 0.0539. The Morgan fingerprint density at radius 3 is 3.05 bits per heavy atom. The largest absolute Gasteiger partial charge is 0.479 e. The summed E-state index contributed by atoms with van der Waals surface area (Å²) in [6, 6.07) is 5.45. The molecule has 1 aliphatic heterocycles. The Kier molecular flexibility index (Phi) is 3.11. The molecule has 0 radical (unpaired) electrons. The first-order valence-electron chi connectivity index (χ1n) is 6.23. The third-order valence-electron chi connectivity index (χ3n) is 3.29. The highest BCUT2D eigenvalue weighted by atomic mass is 16.5. The molecule has 1 atom stereocenters. The van der Waals surface area contributed by atoms with E-state index in [2.05, 4.69) is 5.10 Å². The van der Waals surface area contributed by atoms with Crippen LogP contribution >= 0.6 is 0 Å². The highest BCUT2D eigenvalue weighted by molar-refractivity contribution is 6.00. The average Bonchev–Trinajstić information content (AvgIpc) is 2.90. The van der Waals surface area contributed by atoms with Gasteiger partial charge in [-0.05, 0) is 12.1 Å². The summed E-state index contributed by atoms with van der Waals surface area (Å²) in [7, 11) is 0. The van der Waals surface area contributed by atoms with Gasteiger partial charge in [0, 0.05) is 12.7 Å². The summed E-state index contributed by atoms with van der Waals surface area (Å²) < 4.78 is 6.72. The van der Waals surface area contributed by atoms with Gasteiger partial charge in [-0.3, -0.25) is 4.79 Å². The summed E-state index contributed by atoms with van der Waals surface area (Å²) >= 11 is 0. The number of morpholine rings is 1. The first kappa shape index (κ1) is 12.6. The molecule has 0 spiro atoms. The zero-order valence-electron chi connectivity index (χ0n) is 10.6. The van der Waals surface area contributed by atoms with Crippen LogP contribution in [0.3, 0.4) is 0 Å². The highest BCUT2D eigenvalue weighted by Gasteiger charge is 2.30. The first-order chi connectivity index (χ1) is 9.66. The van der Waals surface area contributed by atoms with E-state index in [-0.39, 0.29) is 19.1 Å². The summed E-state index contributed by atoms with van der Waals surface area (Å²) in [5, 5.41) is 13.1. The maximum Gasteiger partial charge on any atom is 0.334 e. The third-order valence-corrected chi connectivity index (χ3v) is 3.29. The van der Waals surface area contributed by atoms with Crippen LogP contribution in [0, 0.1) is 0 Å². The smallest absolute Gasteiger partial charge is 0.334 e. The number of carboxylic acids is 1. The summed E-state index contributed by atoms with van der Waals surface area (Å²) in [4.78, 5) is 24.9. The predicted molar refractivity (Wildman–Crippen MR) is 68.5 cm³/mol. The zero-order chi connectivity index (χ0) is 14.1. The minimum atomic E-state index is -1.05. The molecule has 1 amide bonds. The van der Waals surface area contributed by atoms with Crippen molar-refractivity contribution in [1.82, 2.24) is 14.5 Å². The van der Waals surface area contributed by atoms with Gasteiger partial charge in [-0.1, -0.05) is 6.07 Å². The van der Waals surface area contributed by atoms with Crippen molar-refractivity contribution in [3.05, 3.63) is 36.2 Å². The molecule has 0 aromatic carbocycles. The summed E-state index contributed by atoms with van der Waals surface area (Å²) in [6.45, 7) is 0.660. The number of hydrogen-bond donors (Lipinski definition) is 1. The first-order valence-corrected chi connectivity index (χ1v) is 6.23. The lowest BCUT2D eigenvalue weighted by Crippen LogP contribution is -2.48. The van der Waals surface area contributed by atoms with Crippen LogP contribution in [-0.2, 0) is 9.53 Å². The molecule has 20 heavy (non-hydrogen) atoms. The SMILES string of the molecule is O=C(O)C1CN(C(=O)c2cnn3ccccc23)CCO1. The molecule has 3 rings (SSSR count). The summed E-state index contributed by atoms with van der Waals surface area (Å²) in [5.41, 5.74) is 1.17. The Morgan fingerprint density at radius 1 is 1.40 bits per heavy atom. The molecule has 1 unspecified atom stereocenters. The van der Waals surface area contributed by atoms with E-state index in [1.165, 1.54) is 11.1 Å². The van der Waals surface area contributed by atoms with Crippen molar-refractivity contribution in [2.24, 2.45) is 0 Å². The molecule has 2 aromatic rings. The molecule has 0 saturated carbocycles. The third kappa shape index (κ3) is 2.12. The highest BCUT2D eigenvalue weighted by Crippen LogP contribution is 2.15. The lowest BCUT2D eigenvalue weighted by atomic mass is 10.2. The van der Waals surface area contributed by atoms with E-state index in [0.717, 1.165) is 0 Å². The number of aliphatic carboxylic acids is 1. The predicted octanol–water partition coefficient (Wildman–Crippen LogP) is 0.260. The van der Waals surface area contributed by atoms with Crippen LogP contribution in [0.5, 0.6) is 0 Å². The maximum absolute atomic E-state index is 12.5. The second-order valence-corrected chi connectivity index (χ2v) is 4.54. The molecule has 0 aliphatic carbocycles. The molecule has 3 heterocycles. The van der Waals surface area contributed by atoms with E-state index in [1.807, 2.05) is 12.1 Å². The number of aromatic nitrogens is 2. The molecule has 1 fully saturated rings. The zero-order valence-corrected chi connectivity index (χ0v) is 10.6. The number of nitrogens with zero attached hydrogens (tertiary/aromatic N) is 3. The Hall–Kier alpha value is -2.41. The van der Waals surface area contributed by atoms with Crippen molar-refractivity contribution in [2.75, 3.05) is 19.7 Å². The summed E-state index contributed by atoms with van der Waals surface area (Å²) in [6.07, 6.45) is 2.29. The number of carboxylic acid groups (broad SMARTS) is 1. The van der Waals surface area contributed by atoms with Gasteiger partial charge in [-0.15, -0.1) is 0 Å². The Bertz CT molecular complexity index is 666. The molecule has 7 nitrogen and oxygen atoms in total. The fraction of sp³-hybridized carbons (Fsp3) is 0.308. The van der Waals surface area contributed by atoms with Crippen LogP contribution in [0.25, 0.3) is 5.52 Å².